The van der Waals surface area contributed by atoms with Crippen LogP contribution in [-0.2, 0) is 20.9 Å². The van der Waals surface area contributed by atoms with Crippen molar-refractivity contribution >= 4 is 17.7 Å². The van der Waals surface area contributed by atoms with E-state index in [1.807, 2.05) is 13.0 Å². The maximum atomic E-state index is 12.7. The van der Waals surface area contributed by atoms with E-state index in [1.54, 1.807) is 17.0 Å². The first-order valence-electron chi connectivity index (χ1n) is 9.81. The lowest BCUT2D eigenvalue weighted by Crippen LogP contribution is -2.52. The van der Waals surface area contributed by atoms with Gasteiger partial charge in [-0.25, -0.2) is 0 Å². The van der Waals surface area contributed by atoms with Gasteiger partial charge in [0.2, 0.25) is 11.8 Å². The standard InChI is InChI=1S/C20H25N3O5/c1-2-27-14-8-15(10-21-9-14)28-13-3-4-16-12(7-13)11-23(20(16)26)17-5-6-18(24)22-19(17)25/h3-4,7,14-15,17,21H,2,5-6,8-11H2,1H3,(H,22,24,25)/t14-,15-,17?/m1/s1. The Morgan fingerprint density at radius 1 is 1.18 bits per heavy atom. The SMILES string of the molecule is CCO[C@H]1CNC[C@H](Oc2ccc3c(c2)CN(C2CCC(=O)NC2=O)C3=O)C1. The average Bonchev–Trinajstić information content (AvgIpc) is 2.98. The fourth-order valence-electron chi connectivity index (χ4n) is 4.13. The summed E-state index contributed by atoms with van der Waals surface area (Å²) in [4.78, 5) is 37.8. The highest BCUT2D eigenvalue weighted by Crippen LogP contribution is 2.30. The molecule has 150 valence electrons. The summed E-state index contributed by atoms with van der Waals surface area (Å²) in [7, 11) is 0. The van der Waals surface area contributed by atoms with Crippen molar-refractivity contribution in [3.63, 3.8) is 0 Å². The van der Waals surface area contributed by atoms with Gasteiger partial charge < -0.3 is 19.7 Å². The highest BCUT2D eigenvalue weighted by Gasteiger charge is 2.39. The van der Waals surface area contributed by atoms with E-state index in [4.69, 9.17) is 9.47 Å². The number of ether oxygens (including phenoxy) is 2. The number of fused-ring (bicyclic) bond motifs is 1. The van der Waals surface area contributed by atoms with Crippen LogP contribution in [0.15, 0.2) is 18.2 Å². The van der Waals surface area contributed by atoms with E-state index in [0.29, 0.717) is 30.9 Å². The zero-order chi connectivity index (χ0) is 19.7. The number of carbonyl (C=O) groups is 3. The van der Waals surface area contributed by atoms with Crippen molar-refractivity contribution in [1.29, 1.82) is 0 Å². The van der Waals surface area contributed by atoms with Crippen molar-refractivity contribution < 1.29 is 23.9 Å². The summed E-state index contributed by atoms with van der Waals surface area (Å²) < 4.78 is 11.8. The third-order valence-electron chi connectivity index (χ3n) is 5.47. The summed E-state index contributed by atoms with van der Waals surface area (Å²) in [6.45, 7) is 4.59. The summed E-state index contributed by atoms with van der Waals surface area (Å²) in [5, 5.41) is 5.64. The van der Waals surface area contributed by atoms with Crippen LogP contribution >= 0.6 is 0 Å². The third kappa shape index (κ3) is 3.74. The van der Waals surface area contributed by atoms with Crippen LogP contribution in [0.4, 0.5) is 0 Å². The zero-order valence-corrected chi connectivity index (χ0v) is 15.9. The molecule has 3 atom stereocenters. The molecule has 3 heterocycles. The number of hydrogen-bond acceptors (Lipinski definition) is 6. The summed E-state index contributed by atoms with van der Waals surface area (Å²) in [6, 6.07) is 4.84. The molecule has 2 saturated heterocycles. The van der Waals surface area contributed by atoms with Crippen LogP contribution in [0.2, 0.25) is 0 Å². The molecule has 1 aromatic rings. The molecular weight excluding hydrogens is 362 g/mol. The monoisotopic (exact) mass is 387 g/mol. The van der Waals surface area contributed by atoms with Crippen LogP contribution in [-0.4, -0.2) is 60.6 Å². The summed E-state index contributed by atoms with van der Waals surface area (Å²) in [5.41, 5.74) is 1.43. The van der Waals surface area contributed by atoms with Gasteiger partial charge in [0.1, 0.15) is 17.9 Å². The molecule has 3 aliphatic heterocycles. The number of benzene rings is 1. The first kappa shape index (κ1) is 18.9. The molecule has 0 spiro atoms. The lowest BCUT2D eigenvalue weighted by Gasteiger charge is -2.30. The van der Waals surface area contributed by atoms with Crippen LogP contribution < -0.4 is 15.4 Å². The molecule has 3 aliphatic rings. The van der Waals surface area contributed by atoms with Gasteiger partial charge in [0.25, 0.3) is 5.91 Å². The minimum Gasteiger partial charge on any atom is -0.489 e. The second-order valence-electron chi connectivity index (χ2n) is 7.43. The Morgan fingerprint density at radius 3 is 2.79 bits per heavy atom. The van der Waals surface area contributed by atoms with Gasteiger partial charge in [0, 0.05) is 44.6 Å². The maximum absolute atomic E-state index is 12.7. The first-order chi connectivity index (χ1) is 13.5. The van der Waals surface area contributed by atoms with Gasteiger partial charge in [-0.2, -0.15) is 0 Å². The van der Waals surface area contributed by atoms with Crippen molar-refractivity contribution in [1.82, 2.24) is 15.5 Å². The van der Waals surface area contributed by atoms with E-state index >= 15 is 0 Å². The number of rotatable bonds is 5. The summed E-state index contributed by atoms with van der Waals surface area (Å²) in [5.74, 6) is -0.149. The van der Waals surface area contributed by atoms with E-state index in [2.05, 4.69) is 10.6 Å². The molecule has 28 heavy (non-hydrogen) atoms. The minimum absolute atomic E-state index is 0.00620. The van der Waals surface area contributed by atoms with Gasteiger partial charge in [-0.1, -0.05) is 0 Å². The van der Waals surface area contributed by atoms with E-state index in [0.717, 1.165) is 25.1 Å². The molecule has 8 nitrogen and oxygen atoms in total. The number of imide groups is 1. The number of nitrogens with one attached hydrogen (secondary N) is 2. The second-order valence-corrected chi connectivity index (χ2v) is 7.43. The largest absolute Gasteiger partial charge is 0.489 e. The molecule has 4 rings (SSSR count). The fraction of sp³-hybridized carbons (Fsp3) is 0.550. The molecule has 8 heteroatoms. The Kier molecular flexibility index (Phi) is 5.32. The molecule has 0 aromatic heterocycles. The Balaban J connectivity index is 1.44. The van der Waals surface area contributed by atoms with Gasteiger partial charge in [-0.15, -0.1) is 0 Å². The fourth-order valence-corrected chi connectivity index (χ4v) is 4.13. The Labute approximate surface area is 163 Å². The van der Waals surface area contributed by atoms with Gasteiger partial charge in [-0.05, 0) is 37.1 Å². The molecule has 0 radical (unpaired) electrons. The number of hydrogen-bond donors (Lipinski definition) is 2. The summed E-state index contributed by atoms with van der Waals surface area (Å²) in [6.07, 6.45) is 1.58. The van der Waals surface area contributed by atoms with Gasteiger partial charge in [0.15, 0.2) is 0 Å². The van der Waals surface area contributed by atoms with E-state index < -0.39 is 11.9 Å². The predicted octanol–water partition coefficient (Wildman–Crippen LogP) is 0.593. The van der Waals surface area contributed by atoms with Gasteiger partial charge in [0.05, 0.1) is 6.10 Å². The van der Waals surface area contributed by atoms with Crippen LogP contribution in [0, 0.1) is 0 Å². The maximum Gasteiger partial charge on any atom is 0.255 e. The van der Waals surface area contributed by atoms with Gasteiger partial charge in [-0.3, -0.25) is 19.7 Å². The molecule has 2 fully saturated rings. The highest BCUT2D eigenvalue weighted by molar-refractivity contribution is 6.05. The zero-order valence-electron chi connectivity index (χ0n) is 15.9. The molecule has 1 unspecified atom stereocenters. The van der Waals surface area contributed by atoms with E-state index in [1.165, 1.54) is 0 Å². The Bertz CT molecular complexity index is 794. The quantitative estimate of drug-likeness (QED) is 0.718. The number of nitrogens with zero attached hydrogens (tertiary/aromatic N) is 1. The molecule has 0 aliphatic carbocycles. The Morgan fingerprint density at radius 2 is 2.00 bits per heavy atom. The van der Waals surface area contributed by atoms with Crippen molar-refractivity contribution in [2.75, 3.05) is 19.7 Å². The topological polar surface area (TPSA) is 97.0 Å². The minimum atomic E-state index is -0.600. The van der Waals surface area contributed by atoms with Crippen LogP contribution in [0.3, 0.4) is 0 Å². The molecule has 1 aromatic carbocycles. The van der Waals surface area contributed by atoms with Crippen LogP contribution in [0.25, 0.3) is 0 Å². The number of carbonyl (C=O) groups excluding carboxylic acids is 3. The second kappa shape index (κ2) is 7.89. The van der Waals surface area contributed by atoms with Gasteiger partial charge >= 0.3 is 0 Å². The predicted molar refractivity (Wildman–Crippen MR) is 99.8 cm³/mol. The molecule has 0 saturated carbocycles. The molecule has 0 bridgehead atoms. The number of amides is 3. The third-order valence-corrected chi connectivity index (χ3v) is 5.47. The van der Waals surface area contributed by atoms with Crippen molar-refractivity contribution in [3.05, 3.63) is 29.3 Å². The van der Waals surface area contributed by atoms with E-state index in [-0.39, 0.29) is 30.4 Å². The smallest absolute Gasteiger partial charge is 0.255 e. The molecule has 2 N–H and O–H groups in total. The normalized spacial score (nSPS) is 27.5. The average molecular weight is 387 g/mol. The van der Waals surface area contributed by atoms with Crippen LogP contribution in [0.5, 0.6) is 5.75 Å². The highest BCUT2D eigenvalue weighted by atomic mass is 16.5. The molecule has 3 amide bonds. The lowest BCUT2D eigenvalue weighted by molar-refractivity contribution is -0.136. The lowest BCUT2D eigenvalue weighted by atomic mass is 10.0. The summed E-state index contributed by atoms with van der Waals surface area (Å²) >= 11 is 0. The van der Waals surface area contributed by atoms with Crippen molar-refractivity contribution in [2.45, 2.75) is 51.0 Å². The molecular formula is C20H25N3O5. The van der Waals surface area contributed by atoms with Crippen molar-refractivity contribution in [3.8, 4) is 5.75 Å². The Hall–Kier alpha value is -2.45. The van der Waals surface area contributed by atoms with E-state index in [9.17, 15) is 14.4 Å². The van der Waals surface area contributed by atoms with Crippen molar-refractivity contribution in [2.24, 2.45) is 0 Å². The van der Waals surface area contributed by atoms with Crippen LogP contribution in [0.1, 0.15) is 42.1 Å². The first-order valence-corrected chi connectivity index (χ1v) is 9.81. The number of piperidine rings is 2.